The monoisotopic (exact) mass is 343 g/mol. The minimum atomic E-state index is -0.195. The van der Waals surface area contributed by atoms with Gasteiger partial charge >= 0.3 is 0 Å². The van der Waals surface area contributed by atoms with Gasteiger partial charge in [-0.25, -0.2) is 4.39 Å². The predicted molar refractivity (Wildman–Crippen MR) is 92.8 cm³/mol. The van der Waals surface area contributed by atoms with Gasteiger partial charge in [-0.05, 0) is 30.2 Å². The lowest BCUT2D eigenvalue weighted by molar-refractivity contribution is 0.0807. The molecule has 0 saturated carbocycles. The van der Waals surface area contributed by atoms with Crippen molar-refractivity contribution in [2.45, 2.75) is 25.4 Å². The van der Waals surface area contributed by atoms with Crippen LogP contribution in [0.4, 0.5) is 4.39 Å². The number of halogens is 1. The van der Waals surface area contributed by atoms with Crippen molar-refractivity contribution in [1.29, 1.82) is 0 Å². The number of benzene rings is 2. The average Bonchev–Trinajstić information content (AvgIpc) is 2.84. The lowest BCUT2D eigenvalue weighted by Gasteiger charge is -2.41. The fourth-order valence-electron chi connectivity index (χ4n) is 3.46. The van der Waals surface area contributed by atoms with E-state index in [1.807, 2.05) is 24.3 Å². The van der Waals surface area contributed by atoms with Crippen molar-refractivity contribution >= 4 is 0 Å². The van der Waals surface area contributed by atoms with Gasteiger partial charge in [-0.3, -0.25) is 4.90 Å². The van der Waals surface area contributed by atoms with Gasteiger partial charge in [-0.1, -0.05) is 12.1 Å². The topological polar surface area (TPSA) is 30.9 Å². The molecule has 0 spiro atoms. The Balaban J connectivity index is 1.55. The molecule has 132 valence electrons. The number of likely N-dealkylation sites (tertiary alicyclic amines) is 1. The highest BCUT2D eigenvalue weighted by atomic mass is 19.1. The molecule has 0 radical (unpaired) electrons. The van der Waals surface area contributed by atoms with Gasteiger partial charge in [0.05, 0.1) is 20.3 Å². The third kappa shape index (κ3) is 3.29. The lowest BCUT2D eigenvalue weighted by Crippen LogP contribution is -2.40. The van der Waals surface area contributed by atoms with Gasteiger partial charge in [0.1, 0.15) is 11.6 Å². The minimum absolute atomic E-state index is 0.195. The summed E-state index contributed by atoms with van der Waals surface area (Å²) in [5, 5.41) is 0. The van der Waals surface area contributed by atoms with Gasteiger partial charge in [0.25, 0.3) is 0 Å². The van der Waals surface area contributed by atoms with Crippen molar-refractivity contribution < 1.29 is 18.6 Å². The molecule has 25 heavy (non-hydrogen) atoms. The summed E-state index contributed by atoms with van der Waals surface area (Å²) < 4.78 is 30.3. The molecule has 0 aromatic heterocycles. The number of hydrogen-bond donors (Lipinski definition) is 0. The molecule has 4 nitrogen and oxygen atoms in total. The minimum Gasteiger partial charge on any atom is -0.496 e. The Bertz CT molecular complexity index is 747. The standard InChI is InChI=1S/C20H22FNO3/c1-23-18-12-20-19(24-9-2-10-25-20)11-15(18)13-22-8-7-17(22)14-3-5-16(21)6-4-14/h3-6,11-12,17H,2,7-10,13H2,1H3/t17-/m1/s1. The summed E-state index contributed by atoms with van der Waals surface area (Å²) in [4.78, 5) is 2.37. The van der Waals surface area contributed by atoms with Gasteiger partial charge in [0.2, 0.25) is 0 Å². The Labute approximate surface area is 147 Å². The van der Waals surface area contributed by atoms with Crippen LogP contribution in [0.15, 0.2) is 36.4 Å². The summed E-state index contributed by atoms with van der Waals surface area (Å²) in [7, 11) is 1.68. The Morgan fingerprint density at radius 1 is 1.12 bits per heavy atom. The number of nitrogens with zero attached hydrogens (tertiary/aromatic N) is 1. The number of rotatable bonds is 4. The van der Waals surface area contributed by atoms with Crippen molar-refractivity contribution in [3.8, 4) is 17.2 Å². The van der Waals surface area contributed by atoms with Gasteiger partial charge in [-0.2, -0.15) is 0 Å². The summed E-state index contributed by atoms with van der Waals surface area (Å²) in [5.74, 6) is 2.15. The lowest BCUT2D eigenvalue weighted by atomic mass is 9.94. The summed E-state index contributed by atoms with van der Waals surface area (Å²) in [6.45, 7) is 3.11. The number of methoxy groups -OCH3 is 1. The zero-order chi connectivity index (χ0) is 17.2. The van der Waals surface area contributed by atoms with Gasteiger partial charge in [-0.15, -0.1) is 0 Å². The highest BCUT2D eigenvalue weighted by molar-refractivity contribution is 5.51. The molecule has 2 aliphatic heterocycles. The first-order chi connectivity index (χ1) is 12.2. The number of hydrogen-bond acceptors (Lipinski definition) is 4. The Morgan fingerprint density at radius 3 is 2.48 bits per heavy atom. The molecule has 2 heterocycles. The van der Waals surface area contributed by atoms with Crippen LogP contribution in [0.1, 0.15) is 30.0 Å². The molecule has 2 aliphatic rings. The third-order valence-corrected chi connectivity index (χ3v) is 4.91. The predicted octanol–water partition coefficient (Wildman–Crippen LogP) is 3.94. The van der Waals surface area contributed by atoms with E-state index in [0.29, 0.717) is 19.3 Å². The molecular weight excluding hydrogens is 321 g/mol. The molecule has 0 bridgehead atoms. The van der Waals surface area contributed by atoms with Crippen LogP contribution in [0.5, 0.6) is 17.2 Å². The number of ether oxygens (including phenoxy) is 3. The van der Waals surface area contributed by atoms with E-state index in [-0.39, 0.29) is 5.82 Å². The third-order valence-electron chi connectivity index (χ3n) is 4.91. The molecule has 1 atom stereocenters. The van der Waals surface area contributed by atoms with E-state index in [0.717, 1.165) is 54.3 Å². The fourth-order valence-corrected chi connectivity index (χ4v) is 3.46. The fraction of sp³-hybridized carbons (Fsp3) is 0.400. The van der Waals surface area contributed by atoms with E-state index in [2.05, 4.69) is 4.90 Å². The first-order valence-corrected chi connectivity index (χ1v) is 8.70. The SMILES string of the molecule is COc1cc2c(cc1CN1CC[C@@H]1c1ccc(F)cc1)OCCCO2. The summed E-state index contributed by atoms with van der Waals surface area (Å²) >= 11 is 0. The highest BCUT2D eigenvalue weighted by Crippen LogP contribution is 2.40. The van der Waals surface area contributed by atoms with Crippen molar-refractivity contribution in [1.82, 2.24) is 4.90 Å². The van der Waals surface area contributed by atoms with E-state index >= 15 is 0 Å². The maximum atomic E-state index is 13.2. The molecular formula is C20H22FNO3. The van der Waals surface area contributed by atoms with Crippen molar-refractivity contribution in [2.75, 3.05) is 26.9 Å². The zero-order valence-electron chi connectivity index (χ0n) is 14.3. The van der Waals surface area contributed by atoms with Crippen LogP contribution in [0.2, 0.25) is 0 Å². The Hall–Kier alpha value is -2.27. The molecule has 1 saturated heterocycles. The van der Waals surface area contributed by atoms with E-state index in [4.69, 9.17) is 14.2 Å². The van der Waals surface area contributed by atoms with Crippen molar-refractivity contribution in [3.05, 3.63) is 53.3 Å². The maximum Gasteiger partial charge on any atom is 0.164 e. The largest absolute Gasteiger partial charge is 0.496 e. The van der Waals surface area contributed by atoms with Crippen LogP contribution in [-0.2, 0) is 6.54 Å². The maximum absolute atomic E-state index is 13.2. The molecule has 4 rings (SSSR count). The van der Waals surface area contributed by atoms with E-state index in [9.17, 15) is 4.39 Å². The molecule has 0 amide bonds. The summed E-state index contributed by atoms with van der Waals surface area (Å²) in [6, 6.07) is 11.1. The van der Waals surface area contributed by atoms with Gasteiger partial charge in [0.15, 0.2) is 11.5 Å². The summed E-state index contributed by atoms with van der Waals surface area (Å²) in [6.07, 6.45) is 1.96. The smallest absolute Gasteiger partial charge is 0.164 e. The summed E-state index contributed by atoms with van der Waals surface area (Å²) in [5.41, 5.74) is 2.24. The zero-order valence-corrected chi connectivity index (χ0v) is 14.3. The molecule has 1 fully saturated rings. The average molecular weight is 343 g/mol. The van der Waals surface area contributed by atoms with Crippen LogP contribution in [0.25, 0.3) is 0 Å². The van der Waals surface area contributed by atoms with Gasteiger partial charge in [0, 0.05) is 37.2 Å². The normalized spacial score (nSPS) is 19.8. The van der Waals surface area contributed by atoms with Crippen LogP contribution in [0, 0.1) is 5.82 Å². The quantitative estimate of drug-likeness (QED) is 0.841. The highest BCUT2D eigenvalue weighted by Gasteiger charge is 2.30. The van der Waals surface area contributed by atoms with Crippen LogP contribution >= 0.6 is 0 Å². The second kappa shape index (κ2) is 6.92. The van der Waals surface area contributed by atoms with Crippen LogP contribution < -0.4 is 14.2 Å². The second-order valence-electron chi connectivity index (χ2n) is 6.49. The first kappa shape index (κ1) is 16.2. The first-order valence-electron chi connectivity index (χ1n) is 8.70. The molecule has 2 aromatic rings. The van der Waals surface area contributed by atoms with Crippen LogP contribution in [0.3, 0.4) is 0 Å². The Morgan fingerprint density at radius 2 is 1.84 bits per heavy atom. The van der Waals surface area contributed by atoms with E-state index in [1.165, 1.54) is 12.1 Å². The molecule has 0 aliphatic carbocycles. The Kier molecular flexibility index (Phi) is 4.49. The van der Waals surface area contributed by atoms with E-state index < -0.39 is 0 Å². The van der Waals surface area contributed by atoms with Crippen molar-refractivity contribution in [3.63, 3.8) is 0 Å². The molecule has 2 aromatic carbocycles. The molecule has 5 heteroatoms. The molecule has 0 unspecified atom stereocenters. The number of fused-ring (bicyclic) bond motifs is 1. The molecule has 0 N–H and O–H groups in total. The van der Waals surface area contributed by atoms with Crippen molar-refractivity contribution in [2.24, 2.45) is 0 Å². The van der Waals surface area contributed by atoms with Crippen LogP contribution in [-0.4, -0.2) is 31.8 Å². The van der Waals surface area contributed by atoms with Gasteiger partial charge < -0.3 is 14.2 Å². The second-order valence-corrected chi connectivity index (χ2v) is 6.49. The van der Waals surface area contributed by atoms with E-state index in [1.54, 1.807) is 7.11 Å².